The van der Waals surface area contributed by atoms with Gasteiger partial charge >= 0.3 is 0 Å². The van der Waals surface area contributed by atoms with Crippen molar-refractivity contribution in [2.24, 2.45) is 0 Å². The first-order valence-corrected chi connectivity index (χ1v) is 9.10. The molecule has 7 heteroatoms. The summed E-state index contributed by atoms with van der Waals surface area (Å²) < 4.78 is 18.9. The quantitative estimate of drug-likeness (QED) is 0.578. The van der Waals surface area contributed by atoms with Gasteiger partial charge in [0.2, 0.25) is 12.5 Å². The third-order valence-corrected chi connectivity index (χ3v) is 5.26. The molecule has 0 atom stereocenters. The Bertz CT molecular complexity index is 1050. The average Bonchev–Trinajstić information content (AvgIpc) is 3.16. The van der Waals surface area contributed by atoms with E-state index in [2.05, 4.69) is 40.3 Å². The number of aromatic nitrogens is 1. The van der Waals surface area contributed by atoms with E-state index in [1.807, 2.05) is 6.07 Å². The maximum Gasteiger partial charge on any atom is 0.231 e. The number of nitrogens with one attached hydrogen (secondary N) is 1. The number of aliphatic hydroxyl groups is 1. The number of halogens is 1. The number of fused-ring (bicyclic) bond motifs is 5. The number of aryl methyl sites for hydroxylation is 2. The molecular weight excluding hydrogens is 380 g/mol. The third-order valence-electron chi connectivity index (χ3n) is 5.26. The summed E-state index contributed by atoms with van der Waals surface area (Å²) in [5.41, 5.74) is 4.55. The van der Waals surface area contributed by atoms with Crippen LogP contribution in [0.2, 0.25) is 0 Å². The molecule has 0 fully saturated rings. The van der Waals surface area contributed by atoms with Crippen molar-refractivity contribution in [3.8, 4) is 28.5 Å². The third kappa shape index (κ3) is 2.89. The Morgan fingerprint density at radius 1 is 1.18 bits per heavy atom. The van der Waals surface area contributed by atoms with E-state index in [0.717, 1.165) is 46.7 Å². The van der Waals surface area contributed by atoms with E-state index in [1.54, 1.807) is 7.11 Å². The summed E-state index contributed by atoms with van der Waals surface area (Å²) in [4.78, 5) is 0. The molecule has 5 rings (SSSR count). The Labute approximate surface area is 169 Å². The van der Waals surface area contributed by atoms with Crippen LogP contribution in [0.4, 0.5) is 5.69 Å². The topological polar surface area (TPSA) is 63.8 Å². The Morgan fingerprint density at radius 3 is 2.79 bits per heavy atom. The summed E-state index contributed by atoms with van der Waals surface area (Å²) in [6.45, 7) is 1.73. The second kappa shape index (κ2) is 7.37. The number of pyridine rings is 1. The number of aliphatic hydroxyl groups excluding tert-OH is 1. The van der Waals surface area contributed by atoms with Crippen LogP contribution in [0.15, 0.2) is 36.5 Å². The molecule has 0 unspecified atom stereocenters. The van der Waals surface area contributed by atoms with E-state index < -0.39 is 0 Å². The molecule has 2 N–H and O–H groups in total. The molecule has 2 aliphatic rings. The second-order valence-corrected chi connectivity index (χ2v) is 6.76. The van der Waals surface area contributed by atoms with Gasteiger partial charge in [-0.2, -0.15) is 4.57 Å². The zero-order valence-electron chi connectivity index (χ0n) is 15.5. The normalized spacial score (nSPS) is 13.5. The molecule has 3 heterocycles. The van der Waals surface area contributed by atoms with Crippen molar-refractivity contribution >= 4 is 16.5 Å². The van der Waals surface area contributed by atoms with Crippen molar-refractivity contribution in [3.05, 3.63) is 42.1 Å². The van der Waals surface area contributed by atoms with E-state index in [0.29, 0.717) is 6.54 Å². The molecule has 0 aliphatic carbocycles. The van der Waals surface area contributed by atoms with Gasteiger partial charge < -0.3 is 37.0 Å². The number of ether oxygens (including phenoxy) is 3. The van der Waals surface area contributed by atoms with E-state index in [-0.39, 0.29) is 25.8 Å². The zero-order valence-corrected chi connectivity index (χ0v) is 16.3. The predicted molar refractivity (Wildman–Crippen MR) is 102 cm³/mol. The molecule has 0 saturated carbocycles. The fraction of sp³-hybridized carbons (Fsp3) is 0.286. The molecule has 3 aromatic rings. The molecular formula is C21H21ClN2O4. The Kier molecular flexibility index (Phi) is 4.91. The van der Waals surface area contributed by atoms with Crippen molar-refractivity contribution < 1.29 is 36.3 Å². The van der Waals surface area contributed by atoms with Crippen molar-refractivity contribution in [1.29, 1.82) is 0 Å². The van der Waals surface area contributed by atoms with Crippen LogP contribution in [0.25, 0.3) is 22.0 Å². The second-order valence-electron chi connectivity index (χ2n) is 6.76. The first-order valence-electron chi connectivity index (χ1n) is 9.10. The summed E-state index contributed by atoms with van der Waals surface area (Å²) in [7, 11) is 1.66. The maximum atomic E-state index is 9.21. The van der Waals surface area contributed by atoms with E-state index in [9.17, 15) is 5.11 Å². The smallest absolute Gasteiger partial charge is 0.231 e. The van der Waals surface area contributed by atoms with Gasteiger partial charge in [-0.05, 0) is 29.1 Å². The van der Waals surface area contributed by atoms with Crippen LogP contribution in [-0.4, -0.2) is 32.2 Å². The van der Waals surface area contributed by atoms with Gasteiger partial charge in [0.1, 0.15) is 5.75 Å². The monoisotopic (exact) mass is 400 g/mol. The molecule has 146 valence electrons. The minimum atomic E-state index is 0. The highest BCUT2D eigenvalue weighted by Crippen LogP contribution is 2.41. The van der Waals surface area contributed by atoms with Crippen LogP contribution >= 0.6 is 0 Å². The van der Waals surface area contributed by atoms with Gasteiger partial charge in [0.05, 0.1) is 30.4 Å². The fourth-order valence-electron chi connectivity index (χ4n) is 3.96. The highest BCUT2D eigenvalue weighted by molar-refractivity contribution is 5.97. The lowest BCUT2D eigenvalue weighted by Gasteiger charge is -2.18. The van der Waals surface area contributed by atoms with Crippen molar-refractivity contribution in [2.45, 2.75) is 13.0 Å². The standard InChI is InChI=1S/C21H20N2O4.ClH/c1-25-18-3-2-13-8-17-15-10-20-19(26-12-27-20)9-14(15)4-6-23(17)11-16(13)21(18)22-5-7-24;/h2-3,8-11,24H,4-7,12H2,1H3;1H. The van der Waals surface area contributed by atoms with Crippen molar-refractivity contribution in [2.75, 3.05) is 32.4 Å². The Hall–Kier alpha value is -2.70. The number of nitrogens with zero attached hydrogens (tertiary/aromatic N) is 1. The van der Waals surface area contributed by atoms with Crippen LogP contribution in [0.3, 0.4) is 0 Å². The largest absolute Gasteiger partial charge is 1.00 e. The van der Waals surface area contributed by atoms with Crippen molar-refractivity contribution in [3.63, 3.8) is 0 Å². The van der Waals surface area contributed by atoms with Gasteiger partial charge in [-0.3, -0.25) is 0 Å². The molecule has 0 amide bonds. The molecule has 28 heavy (non-hydrogen) atoms. The van der Waals surface area contributed by atoms with Crippen LogP contribution in [0, 0.1) is 0 Å². The van der Waals surface area contributed by atoms with E-state index in [1.165, 1.54) is 16.8 Å². The first kappa shape index (κ1) is 18.7. The Morgan fingerprint density at radius 2 is 2.00 bits per heavy atom. The van der Waals surface area contributed by atoms with Crippen LogP contribution in [-0.2, 0) is 13.0 Å². The minimum absolute atomic E-state index is 0. The summed E-state index contributed by atoms with van der Waals surface area (Å²) in [6, 6.07) is 10.4. The summed E-state index contributed by atoms with van der Waals surface area (Å²) in [5, 5.41) is 14.7. The van der Waals surface area contributed by atoms with Crippen molar-refractivity contribution in [1.82, 2.24) is 0 Å². The van der Waals surface area contributed by atoms with Gasteiger partial charge in [-0.25, -0.2) is 0 Å². The summed E-state index contributed by atoms with van der Waals surface area (Å²) >= 11 is 0. The lowest BCUT2D eigenvalue weighted by Crippen LogP contribution is -3.00. The van der Waals surface area contributed by atoms with E-state index >= 15 is 0 Å². The molecule has 0 bridgehead atoms. The fourth-order valence-corrected chi connectivity index (χ4v) is 3.96. The van der Waals surface area contributed by atoms with Gasteiger partial charge in [-0.1, -0.05) is 6.07 Å². The van der Waals surface area contributed by atoms with Gasteiger partial charge in [0, 0.05) is 19.0 Å². The van der Waals surface area contributed by atoms with Gasteiger partial charge in [0.15, 0.2) is 24.2 Å². The molecule has 2 aromatic carbocycles. The SMILES string of the molecule is COc1ccc2cc3[n+](cc2c1NCCO)CCc1cc2c(cc1-3)OCO2.[Cl-]. The summed E-state index contributed by atoms with van der Waals surface area (Å²) in [6.07, 6.45) is 3.11. The highest BCUT2D eigenvalue weighted by atomic mass is 35.5. The minimum Gasteiger partial charge on any atom is -1.00 e. The molecule has 1 aromatic heterocycles. The molecule has 6 nitrogen and oxygen atoms in total. The predicted octanol–water partition coefficient (Wildman–Crippen LogP) is -0.504. The lowest BCUT2D eigenvalue weighted by molar-refractivity contribution is -0.686. The molecule has 2 aliphatic heterocycles. The number of anilines is 1. The first-order chi connectivity index (χ1) is 13.3. The van der Waals surface area contributed by atoms with Crippen LogP contribution in [0.1, 0.15) is 5.56 Å². The number of hydrogen-bond acceptors (Lipinski definition) is 5. The van der Waals surface area contributed by atoms with Crippen LogP contribution in [0.5, 0.6) is 17.2 Å². The number of benzene rings is 2. The van der Waals surface area contributed by atoms with Gasteiger partial charge in [0.25, 0.3) is 0 Å². The maximum absolute atomic E-state index is 9.21. The van der Waals surface area contributed by atoms with Gasteiger partial charge in [-0.15, -0.1) is 0 Å². The Balaban J connectivity index is 0.00000192. The number of methoxy groups -OCH3 is 1. The molecule has 0 saturated heterocycles. The number of hydrogen-bond donors (Lipinski definition) is 2. The molecule has 0 radical (unpaired) electrons. The summed E-state index contributed by atoms with van der Waals surface area (Å²) in [5.74, 6) is 2.42. The van der Waals surface area contributed by atoms with E-state index in [4.69, 9.17) is 14.2 Å². The lowest BCUT2D eigenvalue weighted by atomic mass is 9.95. The zero-order chi connectivity index (χ0) is 18.4. The van der Waals surface area contributed by atoms with Crippen LogP contribution < -0.4 is 36.5 Å². The average molecular weight is 401 g/mol. The highest BCUT2D eigenvalue weighted by Gasteiger charge is 2.28. The molecule has 0 spiro atoms. The number of rotatable bonds is 4.